The molecule has 0 bridgehead atoms. The average molecular weight is 301 g/mol. The van der Waals surface area contributed by atoms with Crippen molar-refractivity contribution in [3.8, 4) is 0 Å². The molecule has 0 saturated heterocycles. The number of hydrogen-bond donors (Lipinski definition) is 1. The van der Waals surface area contributed by atoms with Gasteiger partial charge in [-0.15, -0.1) is 11.3 Å². The van der Waals surface area contributed by atoms with E-state index in [0.29, 0.717) is 18.0 Å². The van der Waals surface area contributed by atoms with E-state index in [1.165, 1.54) is 4.70 Å². The number of carbonyl (C=O) groups excluding carboxylic acids is 1. The molecule has 0 saturated carbocycles. The molecule has 0 aliphatic carbocycles. The smallest absolute Gasteiger partial charge is 0.273 e. The van der Waals surface area contributed by atoms with Crippen LogP contribution in [0.4, 0.5) is 0 Å². The minimum atomic E-state index is -0.198. The van der Waals surface area contributed by atoms with E-state index < -0.39 is 0 Å². The van der Waals surface area contributed by atoms with E-state index >= 15 is 0 Å². The second-order valence-electron chi connectivity index (χ2n) is 4.76. The fourth-order valence-corrected chi connectivity index (χ4v) is 3.04. The van der Waals surface area contributed by atoms with Gasteiger partial charge in [0.05, 0.1) is 15.2 Å². The van der Waals surface area contributed by atoms with Gasteiger partial charge >= 0.3 is 0 Å². The quantitative estimate of drug-likeness (QED) is 0.736. The fraction of sp³-hybridized carbons (Fsp3) is 0.267. The normalized spacial score (nSPS) is 10.9. The van der Waals surface area contributed by atoms with Crippen molar-refractivity contribution in [3.63, 3.8) is 0 Å². The van der Waals surface area contributed by atoms with Crippen LogP contribution in [0.5, 0.6) is 0 Å². The Morgan fingerprint density at radius 2 is 2.24 bits per heavy atom. The van der Waals surface area contributed by atoms with E-state index in [4.69, 9.17) is 4.52 Å². The number of para-hydroxylation sites is 1. The van der Waals surface area contributed by atoms with Crippen molar-refractivity contribution >= 4 is 27.5 Å². The third kappa shape index (κ3) is 3.28. The highest BCUT2D eigenvalue weighted by molar-refractivity contribution is 7.18. The van der Waals surface area contributed by atoms with E-state index in [9.17, 15) is 4.79 Å². The molecule has 2 aromatic heterocycles. The number of thiazole rings is 1. The summed E-state index contributed by atoms with van der Waals surface area (Å²) in [6.07, 6.45) is 1.71. The molecule has 0 aliphatic rings. The van der Waals surface area contributed by atoms with Crippen LogP contribution in [-0.2, 0) is 6.42 Å². The van der Waals surface area contributed by atoms with Crippen LogP contribution in [0, 0.1) is 6.92 Å². The maximum Gasteiger partial charge on any atom is 0.273 e. The Kier molecular flexibility index (Phi) is 3.96. The molecule has 1 aromatic carbocycles. The Balaban J connectivity index is 1.49. The summed E-state index contributed by atoms with van der Waals surface area (Å²) in [5.41, 5.74) is 1.37. The van der Waals surface area contributed by atoms with E-state index in [0.717, 1.165) is 23.4 Å². The number of rotatable bonds is 5. The Labute approximate surface area is 126 Å². The van der Waals surface area contributed by atoms with Crippen LogP contribution < -0.4 is 5.32 Å². The maximum atomic E-state index is 11.8. The minimum absolute atomic E-state index is 0.198. The summed E-state index contributed by atoms with van der Waals surface area (Å²) in [4.78, 5) is 16.3. The van der Waals surface area contributed by atoms with Crippen molar-refractivity contribution in [2.24, 2.45) is 0 Å². The molecule has 6 heteroatoms. The summed E-state index contributed by atoms with van der Waals surface area (Å²) in [6.45, 7) is 2.36. The molecular weight excluding hydrogens is 286 g/mol. The molecule has 108 valence electrons. The molecule has 0 aliphatic heterocycles. The number of nitrogens with one attached hydrogen (secondary N) is 1. The van der Waals surface area contributed by atoms with Crippen LogP contribution in [0.1, 0.15) is 27.7 Å². The molecule has 0 unspecified atom stereocenters. The number of fused-ring (bicyclic) bond motifs is 1. The minimum Gasteiger partial charge on any atom is -0.361 e. The van der Waals surface area contributed by atoms with Gasteiger partial charge in [-0.25, -0.2) is 4.98 Å². The van der Waals surface area contributed by atoms with Gasteiger partial charge in [0.2, 0.25) is 0 Å². The van der Waals surface area contributed by atoms with Crippen LogP contribution in [0.25, 0.3) is 10.2 Å². The molecule has 5 nitrogen and oxygen atoms in total. The summed E-state index contributed by atoms with van der Waals surface area (Å²) in [5, 5.41) is 7.62. The van der Waals surface area contributed by atoms with E-state index in [-0.39, 0.29) is 5.91 Å². The number of nitrogens with zero attached hydrogens (tertiary/aromatic N) is 2. The lowest BCUT2D eigenvalue weighted by molar-refractivity contribution is 0.0944. The zero-order valence-electron chi connectivity index (χ0n) is 11.6. The first-order valence-corrected chi connectivity index (χ1v) is 7.60. The van der Waals surface area contributed by atoms with Crippen LogP contribution in [0.15, 0.2) is 34.9 Å². The van der Waals surface area contributed by atoms with Crippen molar-refractivity contribution in [1.82, 2.24) is 15.5 Å². The Morgan fingerprint density at radius 1 is 1.38 bits per heavy atom. The first-order valence-electron chi connectivity index (χ1n) is 6.78. The number of aromatic nitrogens is 2. The molecule has 0 atom stereocenters. The number of hydrogen-bond acceptors (Lipinski definition) is 5. The second-order valence-corrected chi connectivity index (χ2v) is 5.87. The van der Waals surface area contributed by atoms with Crippen LogP contribution >= 0.6 is 11.3 Å². The Hall–Kier alpha value is -2.21. The molecule has 21 heavy (non-hydrogen) atoms. The molecule has 2 heterocycles. The van der Waals surface area contributed by atoms with Gasteiger partial charge in [-0.1, -0.05) is 17.3 Å². The molecule has 0 fully saturated rings. The second kappa shape index (κ2) is 6.05. The molecule has 3 rings (SSSR count). The van der Waals surface area contributed by atoms with Gasteiger partial charge in [-0.3, -0.25) is 4.79 Å². The zero-order valence-corrected chi connectivity index (χ0v) is 12.4. The number of aryl methyl sites for hydroxylation is 2. The summed E-state index contributed by atoms with van der Waals surface area (Å²) in [7, 11) is 0. The predicted molar refractivity (Wildman–Crippen MR) is 81.5 cm³/mol. The molecule has 1 N–H and O–H groups in total. The maximum absolute atomic E-state index is 11.8. The van der Waals surface area contributed by atoms with Gasteiger partial charge in [0.25, 0.3) is 5.91 Å². The van der Waals surface area contributed by atoms with Gasteiger partial charge < -0.3 is 9.84 Å². The molecular formula is C15H15N3O2S. The van der Waals surface area contributed by atoms with Crippen LogP contribution in [-0.4, -0.2) is 22.6 Å². The van der Waals surface area contributed by atoms with Gasteiger partial charge in [0, 0.05) is 19.0 Å². The van der Waals surface area contributed by atoms with Crippen molar-refractivity contribution in [2.75, 3.05) is 6.54 Å². The summed E-state index contributed by atoms with van der Waals surface area (Å²) in [6, 6.07) is 9.73. The van der Waals surface area contributed by atoms with Gasteiger partial charge in [-0.2, -0.15) is 0 Å². The van der Waals surface area contributed by atoms with Gasteiger partial charge in [-0.05, 0) is 25.5 Å². The SMILES string of the molecule is Cc1cc(C(=O)NCCCc2nc3ccccc3s2)no1. The highest BCUT2D eigenvalue weighted by atomic mass is 32.1. The Morgan fingerprint density at radius 3 is 3.00 bits per heavy atom. The first-order chi connectivity index (χ1) is 10.2. The lowest BCUT2D eigenvalue weighted by Gasteiger charge is -2.00. The van der Waals surface area contributed by atoms with E-state index in [1.807, 2.05) is 18.2 Å². The Bertz CT molecular complexity index is 730. The fourth-order valence-electron chi connectivity index (χ4n) is 2.03. The highest BCUT2D eigenvalue weighted by Gasteiger charge is 2.10. The third-order valence-electron chi connectivity index (χ3n) is 3.05. The number of benzene rings is 1. The lowest BCUT2D eigenvalue weighted by Crippen LogP contribution is -2.25. The molecule has 1 amide bonds. The predicted octanol–water partition coefficient (Wildman–Crippen LogP) is 2.96. The van der Waals surface area contributed by atoms with Crippen LogP contribution in [0.3, 0.4) is 0 Å². The van der Waals surface area contributed by atoms with Crippen molar-refractivity contribution in [3.05, 3.63) is 46.8 Å². The largest absolute Gasteiger partial charge is 0.361 e. The van der Waals surface area contributed by atoms with E-state index in [1.54, 1.807) is 24.3 Å². The molecule has 3 aromatic rings. The standard InChI is InChI=1S/C15H15N3O2S/c1-10-9-12(18-20-10)15(19)16-8-4-7-14-17-11-5-2-3-6-13(11)21-14/h2-3,5-6,9H,4,7-8H2,1H3,(H,16,19). The van der Waals surface area contributed by atoms with Gasteiger partial charge in [0.15, 0.2) is 5.69 Å². The first kappa shape index (κ1) is 13.8. The summed E-state index contributed by atoms with van der Waals surface area (Å²) in [5.74, 6) is 0.436. The van der Waals surface area contributed by atoms with Crippen LogP contribution in [0.2, 0.25) is 0 Å². The van der Waals surface area contributed by atoms with E-state index in [2.05, 4.69) is 21.5 Å². The third-order valence-corrected chi connectivity index (χ3v) is 4.15. The lowest BCUT2D eigenvalue weighted by atomic mass is 10.3. The van der Waals surface area contributed by atoms with Crippen molar-refractivity contribution in [2.45, 2.75) is 19.8 Å². The molecule has 0 radical (unpaired) electrons. The van der Waals surface area contributed by atoms with Gasteiger partial charge in [0.1, 0.15) is 5.76 Å². The highest BCUT2D eigenvalue weighted by Crippen LogP contribution is 2.22. The monoisotopic (exact) mass is 301 g/mol. The molecule has 0 spiro atoms. The van der Waals surface area contributed by atoms with Crippen molar-refractivity contribution < 1.29 is 9.32 Å². The summed E-state index contributed by atoms with van der Waals surface area (Å²) < 4.78 is 6.08. The summed E-state index contributed by atoms with van der Waals surface area (Å²) >= 11 is 1.70. The zero-order chi connectivity index (χ0) is 14.7. The number of carbonyl (C=O) groups is 1. The van der Waals surface area contributed by atoms with Crippen molar-refractivity contribution in [1.29, 1.82) is 0 Å². The topological polar surface area (TPSA) is 68.0 Å². The number of amides is 1. The average Bonchev–Trinajstić information content (AvgIpc) is 3.09.